The van der Waals surface area contributed by atoms with Crippen LogP contribution in [0.4, 0.5) is 0 Å². The Morgan fingerprint density at radius 1 is 1.23 bits per heavy atom. The number of hydrogen-bond donors (Lipinski definition) is 1. The molecule has 0 aliphatic rings. The van der Waals surface area contributed by atoms with E-state index >= 15 is 0 Å². The van der Waals surface area contributed by atoms with Gasteiger partial charge < -0.3 is 9.47 Å². The van der Waals surface area contributed by atoms with Crippen molar-refractivity contribution in [3.05, 3.63) is 59.2 Å². The fraction of sp³-hybridized carbons (Fsp3) is 0.333. The summed E-state index contributed by atoms with van der Waals surface area (Å²) in [4.78, 5) is 12.0. The molecule has 0 aromatic heterocycles. The van der Waals surface area contributed by atoms with Crippen molar-refractivity contribution in [1.82, 2.24) is 5.43 Å². The van der Waals surface area contributed by atoms with Crippen LogP contribution < -0.4 is 14.9 Å². The van der Waals surface area contributed by atoms with Crippen LogP contribution in [0.3, 0.4) is 0 Å². The summed E-state index contributed by atoms with van der Waals surface area (Å²) >= 11 is 0. The number of carbonyl (C=O) groups excluding carboxylic acids is 1. The minimum atomic E-state index is -0.301. The number of para-hydroxylation sites is 1. The van der Waals surface area contributed by atoms with Crippen molar-refractivity contribution < 1.29 is 14.3 Å². The lowest BCUT2D eigenvalue weighted by atomic mass is 9.98. The molecule has 138 valence electrons. The Hall–Kier alpha value is -2.82. The third-order valence-electron chi connectivity index (χ3n) is 4.24. The van der Waals surface area contributed by atoms with Gasteiger partial charge in [-0.05, 0) is 60.2 Å². The average molecular weight is 354 g/mol. The monoisotopic (exact) mass is 354 g/mol. The predicted molar refractivity (Wildman–Crippen MR) is 104 cm³/mol. The fourth-order valence-electron chi connectivity index (χ4n) is 2.58. The highest BCUT2D eigenvalue weighted by Crippen LogP contribution is 2.28. The van der Waals surface area contributed by atoms with Crippen LogP contribution in [0.2, 0.25) is 0 Å². The average Bonchev–Trinajstić information content (AvgIpc) is 2.66. The zero-order valence-electron chi connectivity index (χ0n) is 15.8. The number of amides is 1. The molecule has 0 fully saturated rings. The van der Waals surface area contributed by atoms with Gasteiger partial charge in [0.25, 0.3) is 5.91 Å². The Kier molecular flexibility index (Phi) is 7.21. The van der Waals surface area contributed by atoms with Crippen molar-refractivity contribution in [1.29, 1.82) is 0 Å². The van der Waals surface area contributed by atoms with Crippen molar-refractivity contribution in [2.24, 2.45) is 5.10 Å². The van der Waals surface area contributed by atoms with Crippen molar-refractivity contribution in [2.75, 3.05) is 13.7 Å². The number of hydrazone groups is 1. The molecule has 1 unspecified atom stereocenters. The fourth-order valence-corrected chi connectivity index (χ4v) is 2.58. The molecule has 0 saturated heterocycles. The maximum atomic E-state index is 12.0. The minimum absolute atomic E-state index is 0.0770. The van der Waals surface area contributed by atoms with Gasteiger partial charge in [0, 0.05) is 0 Å². The first-order chi connectivity index (χ1) is 12.5. The quantitative estimate of drug-likeness (QED) is 0.575. The molecule has 0 heterocycles. The Morgan fingerprint density at radius 3 is 2.69 bits per heavy atom. The van der Waals surface area contributed by atoms with E-state index in [9.17, 15) is 4.79 Å². The summed E-state index contributed by atoms with van der Waals surface area (Å²) in [5.74, 6) is 1.64. The first kappa shape index (κ1) is 19.5. The van der Waals surface area contributed by atoms with E-state index in [0.29, 0.717) is 5.92 Å². The summed E-state index contributed by atoms with van der Waals surface area (Å²) in [5, 5.41) is 3.98. The van der Waals surface area contributed by atoms with Crippen molar-refractivity contribution >= 4 is 12.1 Å². The number of methoxy groups -OCH3 is 1. The predicted octanol–water partition coefficient (Wildman–Crippen LogP) is 4.05. The van der Waals surface area contributed by atoms with Gasteiger partial charge in [0.05, 0.1) is 13.3 Å². The third-order valence-corrected chi connectivity index (χ3v) is 4.24. The smallest absolute Gasteiger partial charge is 0.277 e. The molecular weight excluding hydrogens is 328 g/mol. The van der Waals surface area contributed by atoms with E-state index in [-0.39, 0.29) is 12.5 Å². The molecule has 5 nitrogen and oxygen atoms in total. The molecule has 2 rings (SSSR count). The number of nitrogens with zero attached hydrogens (tertiary/aromatic N) is 1. The van der Waals surface area contributed by atoms with Gasteiger partial charge in [-0.3, -0.25) is 4.79 Å². The maximum absolute atomic E-state index is 12.0. The Balaban J connectivity index is 1.89. The van der Waals surface area contributed by atoms with E-state index in [4.69, 9.17) is 9.47 Å². The van der Waals surface area contributed by atoms with Gasteiger partial charge in [0.2, 0.25) is 0 Å². The highest BCUT2D eigenvalue weighted by Gasteiger charge is 2.10. The molecule has 0 aliphatic heterocycles. The van der Waals surface area contributed by atoms with E-state index < -0.39 is 0 Å². The van der Waals surface area contributed by atoms with Crippen LogP contribution in [0.25, 0.3) is 0 Å². The molecular formula is C21H26N2O3. The van der Waals surface area contributed by atoms with Gasteiger partial charge in [-0.2, -0.15) is 5.10 Å². The number of carbonyl (C=O) groups is 1. The van der Waals surface area contributed by atoms with Gasteiger partial charge in [0.1, 0.15) is 11.5 Å². The Bertz CT molecular complexity index is 772. The minimum Gasteiger partial charge on any atom is -0.496 e. The van der Waals surface area contributed by atoms with Gasteiger partial charge >= 0.3 is 0 Å². The summed E-state index contributed by atoms with van der Waals surface area (Å²) < 4.78 is 10.9. The lowest BCUT2D eigenvalue weighted by Gasteiger charge is -2.15. The van der Waals surface area contributed by atoms with Crippen LogP contribution in [0, 0.1) is 6.92 Å². The first-order valence-corrected chi connectivity index (χ1v) is 8.73. The maximum Gasteiger partial charge on any atom is 0.277 e. The largest absolute Gasteiger partial charge is 0.496 e. The lowest BCUT2D eigenvalue weighted by Crippen LogP contribution is -2.25. The molecule has 0 spiro atoms. The van der Waals surface area contributed by atoms with Gasteiger partial charge in [-0.15, -0.1) is 0 Å². The lowest BCUT2D eigenvalue weighted by molar-refractivity contribution is -0.123. The number of aryl methyl sites for hydroxylation is 1. The zero-order valence-corrected chi connectivity index (χ0v) is 15.8. The van der Waals surface area contributed by atoms with Gasteiger partial charge in [-0.1, -0.05) is 32.0 Å². The molecule has 1 atom stereocenters. The SMILES string of the molecule is CCC(C)c1ccccc1OCC(=O)NN=Cc1ccc(OC)c(C)c1. The second-order valence-electron chi connectivity index (χ2n) is 6.16. The summed E-state index contributed by atoms with van der Waals surface area (Å²) in [5.41, 5.74) is 5.49. The van der Waals surface area contributed by atoms with E-state index in [0.717, 1.165) is 34.6 Å². The molecule has 1 N–H and O–H groups in total. The number of rotatable bonds is 8. The summed E-state index contributed by atoms with van der Waals surface area (Å²) in [6.45, 7) is 6.15. The van der Waals surface area contributed by atoms with Crippen molar-refractivity contribution in [2.45, 2.75) is 33.1 Å². The number of benzene rings is 2. The topological polar surface area (TPSA) is 59.9 Å². The standard InChI is InChI=1S/C21H26N2O3/c1-5-15(2)18-8-6-7-9-20(18)26-14-21(24)23-22-13-17-10-11-19(25-4)16(3)12-17/h6-13,15H,5,14H2,1-4H3,(H,23,24). The Morgan fingerprint density at radius 2 is 2.00 bits per heavy atom. The molecule has 2 aromatic carbocycles. The summed E-state index contributed by atoms with van der Waals surface area (Å²) in [6, 6.07) is 13.5. The van der Waals surface area contributed by atoms with Crippen molar-refractivity contribution in [3.8, 4) is 11.5 Å². The Labute approximate surface area is 155 Å². The molecule has 1 amide bonds. The molecule has 2 aromatic rings. The van der Waals surface area contributed by atoms with Crippen LogP contribution in [0.5, 0.6) is 11.5 Å². The highest BCUT2D eigenvalue weighted by molar-refractivity contribution is 5.83. The van der Waals surface area contributed by atoms with Crippen LogP contribution in [-0.2, 0) is 4.79 Å². The highest BCUT2D eigenvalue weighted by atomic mass is 16.5. The van der Waals surface area contributed by atoms with Gasteiger partial charge in [-0.25, -0.2) is 5.43 Å². The van der Waals surface area contributed by atoms with Crippen molar-refractivity contribution in [3.63, 3.8) is 0 Å². The van der Waals surface area contributed by atoms with E-state index in [1.807, 2.05) is 49.4 Å². The normalized spacial score (nSPS) is 12.0. The second-order valence-corrected chi connectivity index (χ2v) is 6.16. The number of hydrogen-bond acceptors (Lipinski definition) is 4. The number of ether oxygens (including phenoxy) is 2. The molecule has 5 heteroatoms. The molecule has 0 saturated carbocycles. The van der Waals surface area contributed by atoms with E-state index in [1.165, 1.54) is 0 Å². The molecule has 0 bridgehead atoms. The summed E-state index contributed by atoms with van der Waals surface area (Å²) in [6.07, 6.45) is 2.61. The molecule has 26 heavy (non-hydrogen) atoms. The zero-order chi connectivity index (χ0) is 18.9. The third kappa shape index (κ3) is 5.34. The van der Waals surface area contributed by atoms with Gasteiger partial charge in [0.15, 0.2) is 6.61 Å². The van der Waals surface area contributed by atoms with Crippen LogP contribution in [0.1, 0.15) is 42.9 Å². The van der Waals surface area contributed by atoms with Crippen LogP contribution >= 0.6 is 0 Å². The molecule has 0 aliphatic carbocycles. The van der Waals surface area contributed by atoms with E-state index in [1.54, 1.807) is 13.3 Å². The second kappa shape index (κ2) is 9.61. The van der Waals surface area contributed by atoms with Crippen LogP contribution in [0.15, 0.2) is 47.6 Å². The van der Waals surface area contributed by atoms with E-state index in [2.05, 4.69) is 24.4 Å². The first-order valence-electron chi connectivity index (χ1n) is 8.73. The molecule has 0 radical (unpaired) electrons. The number of nitrogens with one attached hydrogen (secondary N) is 1. The summed E-state index contributed by atoms with van der Waals surface area (Å²) in [7, 11) is 1.63. The van der Waals surface area contributed by atoms with Crippen LogP contribution in [-0.4, -0.2) is 25.8 Å².